The van der Waals surface area contributed by atoms with E-state index in [2.05, 4.69) is 52.7 Å². The highest BCUT2D eigenvalue weighted by Crippen LogP contribution is 2.33. The molecule has 3 aromatic heterocycles. The van der Waals surface area contributed by atoms with Gasteiger partial charge in [-0.15, -0.1) is 11.3 Å². The van der Waals surface area contributed by atoms with Gasteiger partial charge in [-0.2, -0.15) is 5.10 Å². The molecule has 1 aliphatic carbocycles. The van der Waals surface area contributed by atoms with Crippen LogP contribution in [0.15, 0.2) is 47.5 Å². The smallest absolute Gasteiger partial charge is 0.262 e. The number of benzene rings is 1. The first kappa shape index (κ1) is 21.1. The van der Waals surface area contributed by atoms with Crippen molar-refractivity contribution in [2.75, 3.05) is 0 Å². The number of nitrogens with one attached hydrogen (secondary N) is 1. The van der Waals surface area contributed by atoms with Crippen molar-refractivity contribution in [1.82, 2.24) is 24.6 Å². The van der Waals surface area contributed by atoms with Gasteiger partial charge in [0, 0.05) is 36.2 Å². The van der Waals surface area contributed by atoms with Crippen LogP contribution in [0.3, 0.4) is 0 Å². The Morgan fingerprint density at radius 2 is 2.03 bits per heavy atom. The van der Waals surface area contributed by atoms with Crippen molar-refractivity contribution in [2.45, 2.75) is 65.2 Å². The summed E-state index contributed by atoms with van der Waals surface area (Å²) in [6, 6.07) is 13.0. The molecule has 166 valence electrons. The lowest BCUT2D eigenvalue weighted by Gasteiger charge is -2.23. The second kappa shape index (κ2) is 9.00. The summed E-state index contributed by atoms with van der Waals surface area (Å²) in [6.07, 6.45) is 5.54. The van der Waals surface area contributed by atoms with Gasteiger partial charge in [0.15, 0.2) is 0 Å². The van der Waals surface area contributed by atoms with E-state index < -0.39 is 0 Å². The summed E-state index contributed by atoms with van der Waals surface area (Å²) in [5.41, 5.74) is 4.83. The molecule has 0 aliphatic heterocycles. The van der Waals surface area contributed by atoms with E-state index in [0.29, 0.717) is 12.6 Å². The third kappa shape index (κ3) is 4.27. The first-order valence-corrected chi connectivity index (χ1v) is 12.2. The zero-order chi connectivity index (χ0) is 22.1. The lowest BCUT2D eigenvalue weighted by Crippen LogP contribution is -2.33. The first-order chi connectivity index (χ1) is 15.6. The van der Waals surface area contributed by atoms with E-state index in [-0.39, 0.29) is 5.56 Å². The number of fused-ring (bicyclic) bond motifs is 3. The molecule has 5 rings (SSSR count). The summed E-state index contributed by atoms with van der Waals surface area (Å²) in [4.78, 5) is 20.1. The van der Waals surface area contributed by atoms with E-state index in [9.17, 15) is 4.79 Å². The monoisotopic (exact) mass is 447 g/mol. The van der Waals surface area contributed by atoms with Crippen molar-refractivity contribution in [2.24, 2.45) is 0 Å². The van der Waals surface area contributed by atoms with Crippen molar-refractivity contribution in [1.29, 1.82) is 0 Å². The van der Waals surface area contributed by atoms with Crippen molar-refractivity contribution in [3.8, 4) is 0 Å². The fraction of sp³-hybridized carbons (Fsp3) is 0.400. The number of rotatable bonds is 7. The highest BCUT2D eigenvalue weighted by Gasteiger charge is 2.25. The zero-order valence-corrected chi connectivity index (χ0v) is 19.5. The van der Waals surface area contributed by atoms with Gasteiger partial charge in [-0.25, -0.2) is 4.98 Å². The lowest BCUT2D eigenvalue weighted by atomic mass is 9.93. The van der Waals surface area contributed by atoms with Gasteiger partial charge in [0.05, 0.1) is 17.4 Å². The molecule has 1 N–H and O–H groups in total. The summed E-state index contributed by atoms with van der Waals surface area (Å²) in [5, 5.41) is 9.05. The number of aryl methyl sites for hydroxylation is 5. The summed E-state index contributed by atoms with van der Waals surface area (Å²) in [6.45, 7) is 6.42. The lowest BCUT2D eigenvalue weighted by molar-refractivity contribution is 0.462. The van der Waals surface area contributed by atoms with Crippen LogP contribution in [-0.4, -0.2) is 25.4 Å². The number of hydrogen-bond acceptors (Lipinski definition) is 5. The van der Waals surface area contributed by atoms with Crippen LogP contribution < -0.4 is 10.9 Å². The Kier molecular flexibility index (Phi) is 5.93. The molecule has 0 spiro atoms. The number of hydrogen-bond donors (Lipinski definition) is 1. The molecule has 32 heavy (non-hydrogen) atoms. The quantitative estimate of drug-likeness (QED) is 0.465. The predicted octanol–water partition coefficient (Wildman–Crippen LogP) is 4.01. The van der Waals surface area contributed by atoms with Crippen molar-refractivity contribution in [3.05, 3.63) is 80.5 Å². The molecule has 0 amide bonds. The van der Waals surface area contributed by atoms with Crippen LogP contribution in [0, 0.1) is 13.8 Å². The highest BCUT2D eigenvalue weighted by molar-refractivity contribution is 7.18. The molecular formula is C25H29N5OS. The van der Waals surface area contributed by atoms with Crippen LogP contribution in [0.4, 0.5) is 0 Å². The van der Waals surface area contributed by atoms with E-state index in [0.717, 1.165) is 60.4 Å². The van der Waals surface area contributed by atoms with Crippen LogP contribution in [0.2, 0.25) is 0 Å². The minimum atomic E-state index is 0.108. The SMILES string of the molecule is Cc1cc(C)n(CCCn2cnc3sc4c(c3c2=O)CCC(NCc2ccccc2)C4)n1. The Hall–Kier alpha value is -2.77. The summed E-state index contributed by atoms with van der Waals surface area (Å²) < 4.78 is 3.79. The number of nitrogens with zero attached hydrogens (tertiary/aromatic N) is 4. The minimum Gasteiger partial charge on any atom is -0.310 e. The van der Waals surface area contributed by atoms with Gasteiger partial charge < -0.3 is 5.32 Å². The Morgan fingerprint density at radius 3 is 2.81 bits per heavy atom. The van der Waals surface area contributed by atoms with E-state index >= 15 is 0 Å². The standard InChI is InChI=1S/C25H29N5OS/c1-17-13-18(2)30(28-17)12-6-11-29-16-27-24-23(25(29)31)21-10-9-20(14-22(21)32-24)26-15-19-7-4-3-5-8-19/h3-5,7-8,13,16,20,26H,6,9-12,14-15H2,1-2H3. The molecule has 1 unspecified atom stereocenters. The molecule has 7 heteroatoms. The first-order valence-electron chi connectivity index (χ1n) is 11.4. The zero-order valence-electron chi connectivity index (χ0n) is 18.7. The molecule has 0 bridgehead atoms. The minimum absolute atomic E-state index is 0.108. The molecule has 0 radical (unpaired) electrons. The van der Waals surface area contributed by atoms with Gasteiger partial charge in [0.25, 0.3) is 5.56 Å². The Bertz CT molecular complexity index is 1290. The maximum atomic E-state index is 13.3. The molecule has 1 atom stereocenters. The normalized spacial score (nSPS) is 15.9. The second-order valence-electron chi connectivity index (χ2n) is 8.74. The average Bonchev–Trinajstić information content (AvgIpc) is 3.33. The molecule has 0 fully saturated rings. The molecule has 6 nitrogen and oxygen atoms in total. The van der Waals surface area contributed by atoms with Crippen LogP contribution >= 0.6 is 11.3 Å². The Labute approximate surface area is 191 Å². The topological polar surface area (TPSA) is 64.7 Å². The van der Waals surface area contributed by atoms with Crippen molar-refractivity contribution < 1.29 is 0 Å². The third-order valence-electron chi connectivity index (χ3n) is 6.35. The maximum absolute atomic E-state index is 13.3. The highest BCUT2D eigenvalue weighted by atomic mass is 32.1. The molecule has 1 aliphatic rings. The molecule has 0 saturated carbocycles. The van der Waals surface area contributed by atoms with Gasteiger partial charge in [-0.1, -0.05) is 30.3 Å². The molecule has 0 saturated heterocycles. The Morgan fingerprint density at radius 1 is 1.19 bits per heavy atom. The Balaban J connectivity index is 1.28. The van der Waals surface area contributed by atoms with E-state index in [1.54, 1.807) is 22.2 Å². The second-order valence-corrected chi connectivity index (χ2v) is 9.82. The van der Waals surface area contributed by atoms with E-state index in [1.807, 2.05) is 17.7 Å². The number of aromatic nitrogens is 4. The molecule has 3 heterocycles. The van der Waals surface area contributed by atoms with Crippen LogP contribution in [0.1, 0.15) is 40.2 Å². The van der Waals surface area contributed by atoms with Crippen molar-refractivity contribution >= 4 is 21.6 Å². The molecular weight excluding hydrogens is 418 g/mol. The van der Waals surface area contributed by atoms with Crippen LogP contribution in [-0.2, 0) is 32.5 Å². The molecule has 4 aromatic rings. The van der Waals surface area contributed by atoms with Gasteiger partial charge in [0.2, 0.25) is 0 Å². The number of thiophene rings is 1. The summed E-state index contributed by atoms with van der Waals surface area (Å²) in [7, 11) is 0. The third-order valence-corrected chi connectivity index (χ3v) is 7.51. The van der Waals surface area contributed by atoms with Gasteiger partial charge >= 0.3 is 0 Å². The summed E-state index contributed by atoms with van der Waals surface area (Å²) >= 11 is 1.69. The van der Waals surface area contributed by atoms with Gasteiger partial charge in [-0.05, 0) is 56.7 Å². The average molecular weight is 448 g/mol. The van der Waals surface area contributed by atoms with Gasteiger partial charge in [-0.3, -0.25) is 14.0 Å². The fourth-order valence-electron chi connectivity index (χ4n) is 4.68. The van der Waals surface area contributed by atoms with Crippen LogP contribution in [0.25, 0.3) is 10.2 Å². The predicted molar refractivity (Wildman–Crippen MR) is 129 cm³/mol. The van der Waals surface area contributed by atoms with Crippen LogP contribution in [0.5, 0.6) is 0 Å². The van der Waals surface area contributed by atoms with Gasteiger partial charge in [0.1, 0.15) is 4.83 Å². The fourth-order valence-corrected chi connectivity index (χ4v) is 5.94. The van der Waals surface area contributed by atoms with E-state index in [1.165, 1.54) is 16.0 Å². The van der Waals surface area contributed by atoms with Crippen molar-refractivity contribution in [3.63, 3.8) is 0 Å². The maximum Gasteiger partial charge on any atom is 0.262 e. The largest absolute Gasteiger partial charge is 0.310 e. The summed E-state index contributed by atoms with van der Waals surface area (Å²) in [5.74, 6) is 0. The molecule has 1 aromatic carbocycles. The van der Waals surface area contributed by atoms with E-state index in [4.69, 9.17) is 0 Å².